The fraction of sp³-hybridized carbons (Fsp3) is 0.519. The van der Waals surface area contributed by atoms with Crippen LogP contribution in [0.3, 0.4) is 0 Å². The molecular formula is C27H36N2O5Si. The summed E-state index contributed by atoms with van der Waals surface area (Å²) < 4.78 is 19.5. The van der Waals surface area contributed by atoms with Crippen molar-refractivity contribution in [2.24, 2.45) is 5.41 Å². The molecule has 3 rings (SSSR count). The van der Waals surface area contributed by atoms with Gasteiger partial charge in [-0.2, -0.15) is 5.26 Å². The summed E-state index contributed by atoms with van der Waals surface area (Å²) in [6.07, 6.45) is 0.980. The van der Waals surface area contributed by atoms with Crippen molar-refractivity contribution < 1.29 is 18.7 Å². The van der Waals surface area contributed by atoms with Gasteiger partial charge in [-0.25, -0.2) is 0 Å². The predicted octanol–water partition coefficient (Wildman–Crippen LogP) is 4.54. The summed E-state index contributed by atoms with van der Waals surface area (Å²) in [7, 11) is -1.22. The van der Waals surface area contributed by atoms with E-state index in [1.807, 2.05) is 19.9 Å². The minimum Gasteiger partial charge on any atom is -0.484 e. The molecule has 35 heavy (non-hydrogen) atoms. The number of benzene rings is 1. The van der Waals surface area contributed by atoms with Gasteiger partial charge in [0.25, 0.3) is 5.56 Å². The van der Waals surface area contributed by atoms with Gasteiger partial charge in [0.15, 0.2) is 15.1 Å². The first-order valence-corrected chi connectivity index (χ1v) is 14.8. The average Bonchev–Trinajstić information content (AvgIpc) is 2.73. The Bertz CT molecular complexity index is 1190. The number of hydrogen-bond acceptors (Lipinski definition) is 6. The van der Waals surface area contributed by atoms with Crippen molar-refractivity contribution >= 4 is 15.0 Å². The summed E-state index contributed by atoms with van der Waals surface area (Å²) in [5.74, 6) is 0.137. The summed E-state index contributed by atoms with van der Waals surface area (Å²) in [6, 6.07) is 10.2. The Labute approximate surface area is 209 Å². The minimum atomic E-state index is -1.22. The number of aromatic nitrogens is 1. The Hall–Kier alpha value is -2.89. The third-order valence-corrected chi connectivity index (χ3v) is 7.27. The van der Waals surface area contributed by atoms with E-state index in [1.165, 1.54) is 6.92 Å². The van der Waals surface area contributed by atoms with E-state index in [4.69, 9.17) is 13.9 Å². The monoisotopic (exact) mass is 496 g/mol. The Morgan fingerprint density at radius 3 is 2.49 bits per heavy atom. The zero-order valence-electron chi connectivity index (χ0n) is 21.9. The topological polar surface area (TPSA) is 90.5 Å². The van der Waals surface area contributed by atoms with E-state index in [0.29, 0.717) is 23.5 Å². The summed E-state index contributed by atoms with van der Waals surface area (Å²) in [5, 5.41) is 9.47. The highest BCUT2D eigenvalue weighted by atomic mass is 28.3. The van der Waals surface area contributed by atoms with Crippen LogP contribution >= 0.6 is 0 Å². The van der Waals surface area contributed by atoms with Crippen LogP contribution in [0.5, 0.6) is 5.75 Å². The number of carbonyl (C=O) groups excluding carboxylic acids is 1. The van der Waals surface area contributed by atoms with Crippen LogP contribution in [-0.2, 0) is 14.0 Å². The van der Waals surface area contributed by atoms with E-state index in [9.17, 15) is 14.9 Å². The molecule has 0 aliphatic carbocycles. The Balaban J connectivity index is 2.16. The van der Waals surface area contributed by atoms with Crippen molar-refractivity contribution in [1.82, 2.24) is 4.57 Å². The molecule has 1 aliphatic rings. The molecular weight excluding hydrogens is 460 g/mol. The zero-order valence-corrected chi connectivity index (χ0v) is 23.1. The number of ether oxygens (including phenoxy) is 2. The number of nitriles is 1. The Kier molecular flexibility index (Phi) is 7.63. The number of rotatable bonds is 6. The first kappa shape index (κ1) is 26.7. The highest BCUT2D eigenvalue weighted by molar-refractivity contribution is 6.48. The lowest BCUT2D eigenvalue weighted by Gasteiger charge is -2.44. The van der Waals surface area contributed by atoms with Crippen molar-refractivity contribution in [2.45, 2.75) is 78.3 Å². The molecule has 0 bridgehead atoms. The molecule has 0 amide bonds. The molecule has 0 spiro atoms. The molecule has 0 N–H and O–H groups in total. The van der Waals surface area contributed by atoms with Gasteiger partial charge in [-0.15, -0.1) is 0 Å². The molecule has 1 aliphatic heterocycles. The molecule has 2 aromatic rings. The van der Waals surface area contributed by atoms with Crippen LogP contribution in [0, 0.1) is 16.7 Å². The molecule has 1 aromatic heterocycles. The van der Waals surface area contributed by atoms with Crippen molar-refractivity contribution in [3.63, 3.8) is 0 Å². The third-order valence-electron chi connectivity index (χ3n) is 6.41. The zero-order chi connectivity index (χ0) is 26.1. The average molecular weight is 497 g/mol. The van der Waals surface area contributed by atoms with E-state index >= 15 is 0 Å². The quantitative estimate of drug-likeness (QED) is 0.431. The second kappa shape index (κ2) is 10.00. The van der Waals surface area contributed by atoms with E-state index < -0.39 is 32.8 Å². The van der Waals surface area contributed by atoms with Crippen molar-refractivity contribution in [2.75, 3.05) is 6.61 Å². The molecule has 2 heterocycles. The van der Waals surface area contributed by atoms with E-state index in [0.717, 1.165) is 5.56 Å². The van der Waals surface area contributed by atoms with Gasteiger partial charge in [0.2, 0.25) is 0 Å². The van der Waals surface area contributed by atoms with Gasteiger partial charge in [0.05, 0.1) is 11.6 Å². The molecule has 0 fully saturated rings. The predicted molar refractivity (Wildman–Crippen MR) is 137 cm³/mol. The van der Waals surface area contributed by atoms with Gasteiger partial charge in [-0.05, 0) is 62.2 Å². The standard InChI is InChI=1S/C27H36N2O5Si/c1-17(30)33-25-24(20-13-18(15-28)9-10-22(20)34-27(25,5)6)29-12-11-19(14-23(29)31)21(26(2,3)4)16-32-35(7)8/h9-14,21,24-25,35H,16H2,1-8H3/t21?,24-,25+/m1/s1. The molecule has 0 saturated carbocycles. The van der Waals surface area contributed by atoms with Crippen molar-refractivity contribution in [1.29, 1.82) is 5.26 Å². The van der Waals surface area contributed by atoms with Crippen molar-refractivity contribution in [3.05, 3.63) is 63.6 Å². The lowest BCUT2D eigenvalue weighted by atomic mass is 9.77. The summed E-state index contributed by atoms with van der Waals surface area (Å²) in [5.41, 5.74) is 0.759. The van der Waals surface area contributed by atoms with Crippen LogP contribution in [0.15, 0.2) is 41.3 Å². The second-order valence-electron chi connectivity index (χ2n) is 11.1. The summed E-state index contributed by atoms with van der Waals surface area (Å²) >= 11 is 0. The number of hydrogen-bond donors (Lipinski definition) is 0. The number of pyridine rings is 1. The molecule has 3 atom stereocenters. The molecule has 8 heteroatoms. The molecule has 7 nitrogen and oxygen atoms in total. The van der Waals surface area contributed by atoms with E-state index in [2.05, 4.69) is 39.9 Å². The molecule has 1 unspecified atom stereocenters. The molecule has 0 radical (unpaired) electrons. The number of nitrogens with zero attached hydrogens (tertiary/aromatic N) is 2. The lowest BCUT2D eigenvalue weighted by Crippen LogP contribution is -2.54. The van der Waals surface area contributed by atoms with Crippen LogP contribution in [0.1, 0.15) is 70.2 Å². The van der Waals surface area contributed by atoms with E-state index in [-0.39, 0.29) is 16.9 Å². The normalized spacial score (nSPS) is 19.9. The fourth-order valence-electron chi connectivity index (χ4n) is 4.59. The van der Waals surface area contributed by atoms with Crippen LogP contribution in [0.25, 0.3) is 0 Å². The first-order valence-electron chi connectivity index (χ1n) is 12.0. The van der Waals surface area contributed by atoms with Crippen LogP contribution in [0.2, 0.25) is 13.1 Å². The molecule has 188 valence electrons. The number of fused-ring (bicyclic) bond motifs is 1. The highest BCUT2D eigenvalue weighted by Crippen LogP contribution is 2.43. The number of esters is 1. The van der Waals surface area contributed by atoms with Crippen molar-refractivity contribution in [3.8, 4) is 11.8 Å². The van der Waals surface area contributed by atoms with Gasteiger partial charge in [-0.1, -0.05) is 20.8 Å². The van der Waals surface area contributed by atoms with Crippen LogP contribution in [-0.4, -0.2) is 37.9 Å². The summed E-state index contributed by atoms with van der Waals surface area (Å²) in [4.78, 5) is 25.6. The fourth-order valence-corrected chi connectivity index (χ4v) is 5.17. The molecule has 0 saturated heterocycles. The maximum Gasteiger partial charge on any atom is 0.303 e. The smallest absolute Gasteiger partial charge is 0.303 e. The summed E-state index contributed by atoms with van der Waals surface area (Å²) in [6.45, 7) is 16.3. The Morgan fingerprint density at radius 1 is 1.26 bits per heavy atom. The van der Waals surface area contributed by atoms with Crippen LogP contribution < -0.4 is 10.3 Å². The molecule has 1 aromatic carbocycles. The van der Waals surface area contributed by atoms with Gasteiger partial charge in [-0.3, -0.25) is 9.59 Å². The van der Waals surface area contributed by atoms with Gasteiger partial charge in [0, 0.05) is 37.3 Å². The lowest BCUT2D eigenvalue weighted by molar-refractivity contribution is -0.163. The van der Waals surface area contributed by atoms with Gasteiger partial charge < -0.3 is 18.5 Å². The largest absolute Gasteiger partial charge is 0.484 e. The second-order valence-corrected chi connectivity index (χ2v) is 13.5. The third kappa shape index (κ3) is 5.85. The van der Waals surface area contributed by atoms with Gasteiger partial charge >= 0.3 is 5.97 Å². The maximum absolute atomic E-state index is 13.6. The van der Waals surface area contributed by atoms with E-state index in [1.54, 1.807) is 35.0 Å². The number of carbonyl (C=O) groups is 1. The maximum atomic E-state index is 13.6. The highest BCUT2D eigenvalue weighted by Gasteiger charge is 2.47. The van der Waals surface area contributed by atoms with Crippen LogP contribution in [0.4, 0.5) is 0 Å². The first-order chi connectivity index (χ1) is 16.2. The minimum absolute atomic E-state index is 0.0487. The Morgan fingerprint density at radius 2 is 1.94 bits per heavy atom. The SMILES string of the molecule is CC(=O)O[C@H]1[C@H](n2ccc(C(CO[SiH](C)C)C(C)(C)C)cc2=O)c2cc(C#N)ccc2OC1(C)C. The van der Waals surface area contributed by atoms with Gasteiger partial charge in [0.1, 0.15) is 17.4 Å².